The molecule has 11 heteroatoms. The summed E-state index contributed by atoms with van der Waals surface area (Å²) in [7, 11) is 3.81. The SMILES string of the molecule is Cc1nc(NC2CCC(NC(=O)c3ccc(C(F)(F)F)c(F)c3)CC2)cc(N(C)C)n1.Cl. The molecule has 1 heterocycles. The van der Waals surface area contributed by atoms with Crippen molar-refractivity contribution in [3.63, 3.8) is 0 Å². The predicted molar refractivity (Wildman–Crippen MR) is 117 cm³/mol. The molecule has 1 aromatic carbocycles. The fraction of sp³-hybridized carbons (Fsp3) is 0.476. The molecule has 1 saturated carbocycles. The van der Waals surface area contributed by atoms with Crippen LogP contribution in [0.25, 0.3) is 0 Å². The minimum Gasteiger partial charge on any atom is -0.367 e. The van der Waals surface area contributed by atoms with Gasteiger partial charge in [0.1, 0.15) is 23.3 Å². The molecule has 2 aromatic rings. The van der Waals surface area contributed by atoms with Gasteiger partial charge in [-0.25, -0.2) is 14.4 Å². The van der Waals surface area contributed by atoms with Crippen LogP contribution in [0.4, 0.5) is 29.2 Å². The number of hydrogen-bond acceptors (Lipinski definition) is 5. The highest BCUT2D eigenvalue weighted by Gasteiger charge is 2.34. The van der Waals surface area contributed by atoms with E-state index in [1.54, 1.807) is 0 Å². The number of halogens is 5. The summed E-state index contributed by atoms with van der Waals surface area (Å²) in [5.74, 6) is 0.179. The molecule has 6 nitrogen and oxygen atoms in total. The van der Waals surface area contributed by atoms with Gasteiger partial charge >= 0.3 is 6.18 Å². The average Bonchev–Trinajstić information content (AvgIpc) is 2.68. The Kier molecular flexibility index (Phi) is 8.28. The first-order chi connectivity index (χ1) is 14.5. The molecule has 1 aliphatic rings. The first-order valence-corrected chi connectivity index (χ1v) is 10.00. The molecule has 1 amide bonds. The number of benzene rings is 1. The van der Waals surface area contributed by atoms with E-state index in [-0.39, 0.29) is 30.1 Å². The van der Waals surface area contributed by atoms with Crippen LogP contribution in [-0.4, -0.2) is 42.1 Å². The summed E-state index contributed by atoms with van der Waals surface area (Å²) in [6, 6.07) is 4.15. The second kappa shape index (κ2) is 10.3. The number of carbonyl (C=O) groups is 1. The Labute approximate surface area is 190 Å². The number of carbonyl (C=O) groups excluding carboxylic acids is 1. The van der Waals surface area contributed by atoms with Crippen molar-refractivity contribution in [2.24, 2.45) is 0 Å². The molecule has 1 aliphatic carbocycles. The Balaban J connectivity index is 0.00000363. The van der Waals surface area contributed by atoms with Gasteiger partial charge in [0.05, 0.1) is 5.56 Å². The Hall–Kier alpha value is -2.62. The molecule has 1 aromatic heterocycles. The largest absolute Gasteiger partial charge is 0.419 e. The number of rotatable bonds is 5. The molecule has 2 N–H and O–H groups in total. The highest BCUT2D eigenvalue weighted by atomic mass is 35.5. The smallest absolute Gasteiger partial charge is 0.367 e. The molecule has 0 atom stereocenters. The number of nitrogens with one attached hydrogen (secondary N) is 2. The number of anilines is 2. The topological polar surface area (TPSA) is 70.2 Å². The van der Waals surface area contributed by atoms with E-state index in [4.69, 9.17) is 0 Å². The third kappa shape index (κ3) is 6.44. The average molecular weight is 476 g/mol. The number of aryl methyl sites for hydroxylation is 1. The van der Waals surface area contributed by atoms with E-state index in [2.05, 4.69) is 20.6 Å². The third-order valence-electron chi connectivity index (χ3n) is 5.23. The molecule has 176 valence electrons. The van der Waals surface area contributed by atoms with Gasteiger partial charge in [-0.2, -0.15) is 13.2 Å². The predicted octanol–water partition coefficient (Wildman–Crippen LogP) is 4.58. The molecule has 1 fully saturated rings. The fourth-order valence-corrected chi connectivity index (χ4v) is 3.60. The monoisotopic (exact) mass is 475 g/mol. The number of amides is 1. The van der Waals surface area contributed by atoms with Crippen LogP contribution in [0.15, 0.2) is 24.3 Å². The van der Waals surface area contributed by atoms with E-state index in [1.165, 1.54) is 0 Å². The zero-order chi connectivity index (χ0) is 22.8. The van der Waals surface area contributed by atoms with Crippen LogP contribution in [0, 0.1) is 12.7 Å². The molecule has 0 radical (unpaired) electrons. The molecule has 0 aliphatic heterocycles. The minimum absolute atomic E-state index is 0. The number of hydrogen-bond donors (Lipinski definition) is 2. The highest BCUT2D eigenvalue weighted by Crippen LogP contribution is 2.31. The molecule has 0 spiro atoms. The second-order valence-corrected chi connectivity index (χ2v) is 7.91. The number of alkyl halides is 3. The van der Waals surface area contributed by atoms with E-state index in [9.17, 15) is 22.4 Å². The minimum atomic E-state index is -4.79. The lowest BCUT2D eigenvalue weighted by Crippen LogP contribution is -2.40. The Morgan fingerprint density at radius 1 is 1.06 bits per heavy atom. The summed E-state index contributed by atoms with van der Waals surface area (Å²) >= 11 is 0. The Morgan fingerprint density at radius 3 is 2.25 bits per heavy atom. The number of aromatic nitrogens is 2. The van der Waals surface area contributed by atoms with E-state index in [0.717, 1.165) is 30.5 Å². The van der Waals surface area contributed by atoms with Crippen molar-refractivity contribution in [2.75, 3.05) is 24.3 Å². The molecule has 0 unspecified atom stereocenters. The lowest BCUT2D eigenvalue weighted by atomic mass is 9.91. The Morgan fingerprint density at radius 2 is 1.69 bits per heavy atom. The lowest BCUT2D eigenvalue weighted by Gasteiger charge is -2.30. The normalized spacial score (nSPS) is 18.5. The summed E-state index contributed by atoms with van der Waals surface area (Å²) in [4.78, 5) is 23.0. The van der Waals surface area contributed by atoms with Crippen LogP contribution in [-0.2, 0) is 6.18 Å². The zero-order valence-corrected chi connectivity index (χ0v) is 18.8. The lowest BCUT2D eigenvalue weighted by molar-refractivity contribution is -0.140. The fourth-order valence-electron chi connectivity index (χ4n) is 3.60. The van der Waals surface area contributed by atoms with Crippen molar-refractivity contribution in [2.45, 2.75) is 50.9 Å². The van der Waals surface area contributed by atoms with Crippen LogP contribution in [0.3, 0.4) is 0 Å². The van der Waals surface area contributed by atoms with E-state index < -0.39 is 23.5 Å². The van der Waals surface area contributed by atoms with Gasteiger partial charge in [0.15, 0.2) is 0 Å². The van der Waals surface area contributed by atoms with Crippen molar-refractivity contribution >= 4 is 29.9 Å². The van der Waals surface area contributed by atoms with Crippen molar-refractivity contribution in [1.82, 2.24) is 15.3 Å². The summed E-state index contributed by atoms with van der Waals surface area (Å²) in [6.07, 6.45) is -1.84. The summed E-state index contributed by atoms with van der Waals surface area (Å²) in [5, 5.41) is 6.19. The maximum atomic E-state index is 13.7. The van der Waals surface area contributed by atoms with Crippen LogP contribution in [0.5, 0.6) is 0 Å². The van der Waals surface area contributed by atoms with Gasteiger partial charge in [-0.15, -0.1) is 12.4 Å². The quantitative estimate of drug-likeness (QED) is 0.619. The molecule has 32 heavy (non-hydrogen) atoms. The van der Waals surface area contributed by atoms with Gasteiger partial charge in [0.2, 0.25) is 0 Å². The second-order valence-electron chi connectivity index (χ2n) is 7.91. The molecule has 0 bridgehead atoms. The highest BCUT2D eigenvalue weighted by molar-refractivity contribution is 5.94. The first-order valence-electron chi connectivity index (χ1n) is 10.00. The van der Waals surface area contributed by atoms with Gasteiger partial charge in [-0.1, -0.05) is 0 Å². The zero-order valence-electron chi connectivity index (χ0n) is 18.0. The first kappa shape index (κ1) is 25.6. The van der Waals surface area contributed by atoms with E-state index >= 15 is 0 Å². The van der Waals surface area contributed by atoms with Gasteiger partial charge in [0.25, 0.3) is 5.91 Å². The molecule has 3 rings (SSSR count). The van der Waals surface area contributed by atoms with Gasteiger partial charge in [-0.3, -0.25) is 4.79 Å². The van der Waals surface area contributed by atoms with Crippen molar-refractivity contribution in [1.29, 1.82) is 0 Å². The van der Waals surface area contributed by atoms with Gasteiger partial charge in [-0.05, 0) is 50.8 Å². The Bertz CT molecular complexity index is 946. The van der Waals surface area contributed by atoms with Gasteiger partial charge < -0.3 is 15.5 Å². The molecular weight excluding hydrogens is 450 g/mol. The van der Waals surface area contributed by atoms with Crippen LogP contribution >= 0.6 is 12.4 Å². The van der Waals surface area contributed by atoms with Gasteiger partial charge in [0, 0.05) is 37.8 Å². The summed E-state index contributed by atoms with van der Waals surface area (Å²) in [5.41, 5.74) is -1.51. The maximum absolute atomic E-state index is 13.7. The van der Waals surface area contributed by atoms with Crippen molar-refractivity contribution in [3.05, 3.63) is 47.0 Å². The summed E-state index contributed by atoms with van der Waals surface area (Å²) < 4.78 is 51.7. The molecule has 0 saturated heterocycles. The standard InChI is InChI=1S/C21H25F4N5O.ClH/c1-12-26-18(11-19(27-12)30(2)3)28-14-5-7-15(8-6-14)29-20(31)13-4-9-16(17(22)10-13)21(23,24)25;/h4,9-11,14-15H,5-8H2,1-3H3,(H,29,31)(H,26,27,28);1H. The van der Waals surface area contributed by atoms with Crippen LogP contribution in [0.2, 0.25) is 0 Å². The third-order valence-corrected chi connectivity index (χ3v) is 5.23. The number of nitrogens with zero attached hydrogens (tertiary/aromatic N) is 3. The van der Waals surface area contributed by atoms with Crippen molar-refractivity contribution in [3.8, 4) is 0 Å². The van der Waals surface area contributed by atoms with Crippen LogP contribution < -0.4 is 15.5 Å². The van der Waals surface area contributed by atoms with Crippen LogP contribution in [0.1, 0.15) is 47.4 Å². The molecular formula is C21H26ClF4N5O. The summed E-state index contributed by atoms with van der Waals surface area (Å²) in [6.45, 7) is 1.83. The van der Waals surface area contributed by atoms with E-state index in [0.29, 0.717) is 30.8 Å². The van der Waals surface area contributed by atoms with E-state index in [1.807, 2.05) is 32.0 Å². The maximum Gasteiger partial charge on any atom is 0.419 e. The van der Waals surface area contributed by atoms with Crippen molar-refractivity contribution < 1.29 is 22.4 Å².